The molecule has 0 aliphatic rings. The second-order valence-corrected chi connectivity index (χ2v) is 10.0. The molecule has 3 heterocycles. The van der Waals surface area contributed by atoms with Crippen LogP contribution in [0.2, 0.25) is 10.0 Å². The lowest BCUT2D eigenvalue weighted by molar-refractivity contribution is 0.379. The van der Waals surface area contributed by atoms with Crippen LogP contribution in [0.1, 0.15) is 11.4 Å². The van der Waals surface area contributed by atoms with Crippen molar-refractivity contribution in [3.63, 3.8) is 0 Å². The number of anilines is 1. The van der Waals surface area contributed by atoms with Crippen LogP contribution in [-0.2, 0) is 12.8 Å². The molecule has 0 atom stereocenters. The Morgan fingerprint density at radius 2 is 1.76 bits per heavy atom. The van der Waals surface area contributed by atoms with E-state index in [9.17, 15) is 0 Å². The van der Waals surface area contributed by atoms with Crippen molar-refractivity contribution >= 4 is 34.5 Å². The lowest BCUT2D eigenvalue weighted by atomic mass is 9.95. The van der Waals surface area contributed by atoms with Crippen molar-refractivity contribution < 1.29 is 14.2 Å². The van der Waals surface area contributed by atoms with Crippen LogP contribution in [0.4, 0.5) is 5.82 Å². The minimum atomic E-state index is 0.326. The number of aromatic amines is 1. The van der Waals surface area contributed by atoms with E-state index in [0.29, 0.717) is 63.0 Å². The molecule has 13 heteroatoms. The zero-order valence-electron chi connectivity index (χ0n) is 22.5. The molecule has 0 fully saturated rings. The highest BCUT2D eigenvalue weighted by atomic mass is 35.5. The van der Waals surface area contributed by atoms with E-state index in [1.54, 1.807) is 32.4 Å². The predicted molar refractivity (Wildman–Crippen MR) is 159 cm³/mol. The van der Waals surface area contributed by atoms with E-state index >= 15 is 0 Å². The van der Waals surface area contributed by atoms with Crippen molar-refractivity contribution in [1.82, 2.24) is 35.2 Å². The predicted octanol–water partition coefficient (Wildman–Crippen LogP) is 6.06. The van der Waals surface area contributed by atoms with Crippen LogP contribution in [0.5, 0.6) is 23.0 Å². The molecule has 3 aromatic heterocycles. The minimum absolute atomic E-state index is 0.326. The van der Waals surface area contributed by atoms with E-state index < -0.39 is 0 Å². The van der Waals surface area contributed by atoms with Crippen LogP contribution in [0.15, 0.2) is 67.0 Å². The van der Waals surface area contributed by atoms with Crippen LogP contribution in [0.25, 0.3) is 27.9 Å². The van der Waals surface area contributed by atoms with Gasteiger partial charge in [-0.25, -0.2) is 14.6 Å². The number of halogens is 2. The maximum atomic E-state index is 6.52. The Kier molecular flexibility index (Phi) is 7.51. The van der Waals surface area contributed by atoms with Gasteiger partial charge in [0.2, 0.25) is 0 Å². The lowest BCUT2D eigenvalue weighted by Gasteiger charge is -2.14. The van der Waals surface area contributed by atoms with Crippen LogP contribution in [0.3, 0.4) is 0 Å². The highest BCUT2D eigenvalue weighted by Crippen LogP contribution is 2.44. The molecule has 3 aromatic carbocycles. The highest BCUT2D eigenvalue weighted by Gasteiger charge is 2.25. The Balaban J connectivity index is 1.54. The van der Waals surface area contributed by atoms with Crippen molar-refractivity contribution in [3.8, 4) is 45.4 Å². The van der Waals surface area contributed by atoms with E-state index in [-0.39, 0.29) is 0 Å². The third-order valence-corrected chi connectivity index (χ3v) is 7.51. The number of H-pyrrole nitrogens is 1. The summed E-state index contributed by atoms with van der Waals surface area (Å²) in [7, 11) is 3.21. The Morgan fingerprint density at radius 3 is 2.52 bits per heavy atom. The maximum absolute atomic E-state index is 6.52. The van der Waals surface area contributed by atoms with Gasteiger partial charge in [0.1, 0.15) is 29.2 Å². The number of nitrogens with one attached hydrogen (secondary N) is 1. The SMILES string of the molecule is COc1cccc(-c2c(CCc3nnn[nH]3)c(-c3ccc(Oc4ccc(Cl)c(Cl)c4)c(OC)c3)c3c(N)ncnn23)c1. The number of nitrogens with zero attached hydrogens (tertiary/aromatic N) is 6. The Morgan fingerprint density at radius 1 is 0.881 bits per heavy atom. The standard InChI is InChI=1S/C29H24Cl2N8O3/c1-40-18-5-3-4-17(12-18)27-20(8-11-25-35-37-38-36-25)26(28-29(32)33-15-34-39(27)28)16-6-10-23(24(13-16)41-2)42-19-7-9-21(30)22(31)14-19/h3-7,9-10,12-15H,8,11H2,1-2H3,(H2,32,33,34)(H,35,36,37,38). The van der Waals surface area contributed by atoms with Gasteiger partial charge in [0.05, 0.1) is 30.0 Å². The van der Waals surface area contributed by atoms with Crippen LogP contribution < -0.4 is 19.9 Å². The van der Waals surface area contributed by atoms with E-state index in [0.717, 1.165) is 27.9 Å². The van der Waals surface area contributed by atoms with Crippen LogP contribution in [0, 0.1) is 0 Å². The summed E-state index contributed by atoms with van der Waals surface area (Å²) in [6.45, 7) is 0. The third-order valence-electron chi connectivity index (χ3n) is 6.77. The number of hydrogen-bond donors (Lipinski definition) is 2. The Bertz CT molecular complexity index is 1890. The average molecular weight is 603 g/mol. The minimum Gasteiger partial charge on any atom is -0.497 e. The number of nitrogens with two attached hydrogens (primary N) is 1. The fraction of sp³-hybridized carbons (Fsp3) is 0.138. The summed E-state index contributed by atoms with van der Waals surface area (Å²) in [4.78, 5) is 4.32. The Hall–Kier alpha value is -4.87. The molecule has 0 aliphatic carbocycles. The zero-order valence-corrected chi connectivity index (χ0v) is 24.0. The molecule has 0 amide bonds. The van der Waals surface area contributed by atoms with Crippen molar-refractivity contribution in [2.45, 2.75) is 12.8 Å². The van der Waals surface area contributed by atoms with Gasteiger partial charge in [-0.2, -0.15) is 5.10 Å². The van der Waals surface area contributed by atoms with Gasteiger partial charge in [0, 0.05) is 23.6 Å². The van der Waals surface area contributed by atoms with Gasteiger partial charge in [-0.15, -0.1) is 5.10 Å². The van der Waals surface area contributed by atoms with E-state index in [1.165, 1.54) is 6.33 Å². The van der Waals surface area contributed by atoms with E-state index in [2.05, 4.69) is 30.7 Å². The van der Waals surface area contributed by atoms with Crippen LogP contribution >= 0.6 is 23.2 Å². The van der Waals surface area contributed by atoms with Crippen molar-refractivity contribution in [2.24, 2.45) is 0 Å². The summed E-state index contributed by atoms with van der Waals surface area (Å²) < 4.78 is 19.2. The molecule has 0 saturated carbocycles. The van der Waals surface area contributed by atoms with Gasteiger partial charge in [-0.05, 0) is 64.4 Å². The summed E-state index contributed by atoms with van der Waals surface area (Å²) in [6, 6.07) is 18.5. The summed E-state index contributed by atoms with van der Waals surface area (Å²) in [5.74, 6) is 3.20. The van der Waals surface area contributed by atoms with Crippen molar-refractivity contribution in [3.05, 3.63) is 88.4 Å². The normalized spacial score (nSPS) is 11.1. The van der Waals surface area contributed by atoms with E-state index in [1.807, 2.05) is 47.0 Å². The first-order chi connectivity index (χ1) is 20.5. The molecular formula is C29H24Cl2N8O3. The molecule has 11 nitrogen and oxygen atoms in total. The monoisotopic (exact) mass is 602 g/mol. The summed E-state index contributed by atoms with van der Waals surface area (Å²) in [6.07, 6.45) is 2.54. The van der Waals surface area contributed by atoms with Gasteiger partial charge in [0.15, 0.2) is 17.3 Å². The third kappa shape index (κ3) is 5.15. The first-order valence-electron chi connectivity index (χ1n) is 12.8. The molecular weight excluding hydrogens is 579 g/mol. The average Bonchev–Trinajstić information content (AvgIpc) is 3.65. The van der Waals surface area contributed by atoms with Gasteiger partial charge in [0.25, 0.3) is 0 Å². The number of ether oxygens (including phenoxy) is 3. The topological polar surface area (TPSA) is 138 Å². The molecule has 212 valence electrons. The number of benzene rings is 3. The number of aryl methyl sites for hydroxylation is 1. The quantitative estimate of drug-likeness (QED) is 0.202. The number of rotatable bonds is 9. The lowest BCUT2D eigenvalue weighted by Crippen LogP contribution is -2.01. The van der Waals surface area contributed by atoms with Gasteiger partial charge in [-0.1, -0.05) is 41.4 Å². The molecule has 0 radical (unpaired) electrons. The largest absolute Gasteiger partial charge is 0.497 e. The fourth-order valence-electron chi connectivity index (χ4n) is 4.88. The van der Waals surface area contributed by atoms with Gasteiger partial charge < -0.3 is 19.9 Å². The Labute approximate surface area is 250 Å². The summed E-state index contributed by atoms with van der Waals surface area (Å²) in [5.41, 5.74) is 11.5. The summed E-state index contributed by atoms with van der Waals surface area (Å²) >= 11 is 12.3. The first-order valence-corrected chi connectivity index (χ1v) is 13.5. The smallest absolute Gasteiger partial charge is 0.169 e. The molecule has 0 spiro atoms. The number of aromatic nitrogens is 7. The van der Waals surface area contributed by atoms with Crippen molar-refractivity contribution in [1.29, 1.82) is 0 Å². The van der Waals surface area contributed by atoms with E-state index in [4.69, 9.17) is 43.1 Å². The second-order valence-electron chi connectivity index (χ2n) is 9.23. The number of nitrogen functional groups attached to an aromatic ring is 1. The van der Waals surface area contributed by atoms with Gasteiger partial charge >= 0.3 is 0 Å². The van der Waals surface area contributed by atoms with Crippen LogP contribution in [-0.4, -0.2) is 49.4 Å². The molecule has 3 N–H and O–H groups in total. The summed E-state index contributed by atoms with van der Waals surface area (Å²) in [5, 5.41) is 19.8. The molecule has 0 saturated heterocycles. The first kappa shape index (κ1) is 27.3. The second kappa shape index (κ2) is 11.6. The maximum Gasteiger partial charge on any atom is 0.169 e. The molecule has 0 bridgehead atoms. The fourth-order valence-corrected chi connectivity index (χ4v) is 5.17. The molecule has 0 unspecified atom stereocenters. The molecule has 0 aliphatic heterocycles. The molecule has 42 heavy (non-hydrogen) atoms. The molecule has 6 rings (SSSR count). The highest BCUT2D eigenvalue weighted by molar-refractivity contribution is 6.42. The number of tetrazole rings is 1. The zero-order chi connectivity index (χ0) is 29.2. The van der Waals surface area contributed by atoms with Crippen molar-refractivity contribution in [2.75, 3.05) is 20.0 Å². The van der Waals surface area contributed by atoms with Gasteiger partial charge in [-0.3, -0.25) is 0 Å². The number of hydrogen-bond acceptors (Lipinski definition) is 9. The number of fused-ring (bicyclic) bond motifs is 1. The number of methoxy groups -OCH3 is 2. The molecule has 6 aromatic rings.